The van der Waals surface area contributed by atoms with Gasteiger partial charge in [0.2, 0.25) is 5.82 Å². The number of carbonyl (C=O) groups excluding carboxylic acids is 1. The van der Waals surface area contributed by atoms with E-state index in [4.69, 9.17) is 21.3 Å². The second kappa shape index (κ2) is 13.5. The van der Waals surface area contributed by atoms with Gasteiger partial charge in [0, 0.05) is 37.4 Å². The van der Waals surface area contributed by atoms with E-state index in [0.29, 0.717) is 28.9 Å². The molecule has 6 rings (SSSR count). The second-order valence-electron chi connectivity index (χ2n) is 12.1. The number of nitrogens with zero attached hydrogens (tertiary/aromatic N) is 6. The molecule has 3 aromatic heterocycles. The lowest BCUT2D eigenvalue weighted by atomic mass is 10.0. The first-order chi connectivity index (χ1) is 23.4. The molecule has 9 nitrogen and oxygen atoms in total. The summed E-state index contributed by atoms with van der Waals surface area (Å²) in [7, 11) is 0. The summed E-state index contributed by atoms with van der Waals surface area (Å²) in [6.45, 7) is 7.33. The molecule has 1 saturated heterocycles. The van der Waals surface area contributed by atoms with E-state index >= 15 is 4.39 Å². The molecule has 0 radical (unpaired) electrons. The highest BCUT2D eigenvalue weighted by Crippen LogP contribution is 2.36. The third-order valence-corrected chi connectivity index (χ3v) is 8.74. The van der Waals surface area contributed by atoms with E-state index in [9.17, 15) is 22.8 Å². The van der Waals surface area contributed by atoms with Crippen molar-refractivity contribution < 1.29 is 27.1 Å². The fourth-order valence-electron chi connectivity index (χ4n) is 6.02. The van der Waals surface area contributed by atoms with Gasteiger partial charge in [-0.15, -0.1) is 0 Å². The van der Waals surface area contributed by atoms with Crippen molar-refractivity contribution in [3.05, 3.63) is 105 Å². The minimum atomic E-state index is -1.52. The molecule has 0 bridgehead atoms. The molecule has 254 valence electrons. The summed E-state index contributed by atoms with van der Waals surface area (Å²) in [4.78, 5) is 44.2. The lowest BCUT2D eigenvalue weighted by Crippen LogP contribution is -2.55. The number of aromatic nitrogens is 4. The van der Waals surface area contributed by atoms with E-state index < -0.39 is 53.3 Å². The van der Waals surface area contributed by atoms with Crippen molar-refractivity contribution in [1.29, 1.82) is 0 Å². The van der Waals surface area contributed by atoms with Gasteiger partial charge in [0.05, 0.1) is 27.5 Å². The molecule has 0 aliphatic carbocycles. The largest absolute Gasteiger partial charge is 0.478 e. The first kappa shape index (κ1) is 33.8. The highest BCUT2D eigenvalue weighted by molar-refractivity contribution is 6.33. The van der Waals surface area contributed by atoms with Crippen molar-refractivity contribution in [2.75, 3.05) is 31.1 Å². The van der Waals surface area contributed by atoms with E-state index in [1.54, 1.807) is 36.5 Å². The number of pyridine rings is 2. The van der Waals surface area contributed by atoms with Crippen molar-refractivity contribution in [3.63, 3.8) is 0 Å². The Morgan fingerprint density at radius 1 is 1.02 bits per heavy atom. The number of piperazine rings is 1. The van der Waals surface area contributed by atoms with Gasteiger partial charge < -0.3 is 14.5 Å². The van der Waals surface area contributed by atoms with Crippen LogP contribution in [0.3, 0.4) is 0 Å². The van der Waals surface area contributed by atoms with Crippen molar-refractivity contribution in [2.45, 2.75) is 39.7 Å². The van der Waals surface area contributed by atoms with Gasteiger partial charge in [-0.3, -0.25) is 9.78 Å². The van der Waals surface area contributed by atoms with Crippen molar-refractivity contribution in [3.8, 4) is 22.7 Å². The van der Waals surface area contributed by atoms with Gasteiger partial charge in [0.1, 0.15) is 11.6 Å². The second-order valence-corrected chi connectivity index (χ2v) is 12.5. The van der Waals surface area contributed by atoms with Crippen molar-refractivity contribution in [1.82, 2.24) is 24.4 Å². The Labute approximate surface area is 283 Å². The standard InChI is InChI=1S/C35H31ClF4N6O3/c1-18(2)29-31(19(3)11-12-41-29)46-34-22(15-23(36)30(42-34)21-7-5-6-8-24(21)37)33(43-35(46)48)45-14-13-44(16-20(45)4)27(47)17-49-32-26(39)10-9-25(38)28(32)40/h5-12,15,18,20H,13-14,16-17H2,1-4H3/t20-/m0/s1. The molecule has 49 heavy (non-hydrogen) atoms. The number of halogens is 5. The molecule has 5 aromatic rings. The Kier molecular flexibility index (Phi) is 9.30. The number of ether oxygens (including phenoxy) is 1. The van der Waals surface area contributed by atoms with Crippen LogP contribution in [0.25, 0.3) is 28.0 Å². The molecule has 1 amide bonds. The molecule has 0 N–H and O–H groups in total. The first-order valence-corrected chi connectivity index (χ1v) is 15.9. The Bertz CT molecular complexity index is 2160. The Morgan fingerprint density at radius 2 is 1.76 bits per heavy atom. The van der Waals surface area contributed by atoms with Crippen LogP contribution in [0.5, 0.6) is 5.75 Å². The van der Waals surface area contributed by atoms with Gasteiger partial charge >= 0.3 is 5.69 Å². The molecule has 1 atom stereocenters. The smallest absolute Gasteiger partial charge is 0.355 e. The fraction of sp³-hybridized carbons (Fsp3) is 0.286. The summed E-state index contributed by atoms with van der Waals surface area (Å²) in [5.74, 6) is -5.86. The minimum absolute atomic E-state index is 0.0709. The zero-order valence-electron chi connectivity index (χ0n) is 27.0. The summed E-state index contributed by atoms with van der Waals surface area (Å²) in [6, 6.07) is 10.4. The highest BCUT2D eigenvalue weighted by Gasteiger charge is 2.32. The average Bonchev–Trinajstić information content (AvgIpc) is 3.06. The van der Waals surface area contributed by atoms with Crippen LogP contribution in [0.4, 0.5) is 23.4 Å². The zero-order valence-corrected chi connectivity index (χ0v) is 27.7. The van der Waals surface area contributed by atoms with Crippen LogP contribution in [0.15, 0.2) is 59.5 Å². The molecule has 1 aliphatic heterocycles. The van der Waals surface area contributed by atoms with E-state index in [-0.39, 0.29) is 53.3 Å². The monoisotopic (exact) mass is 694 g/mol. The predicted octanol–water partition coefficient (Wildman–Crippen LogP) is 6.60. The number of hydrogen-bond acceptors (Lipinski definition) is 7. The molecule has 0 unspecified atom stereocenters. The number of rotatable bonds is 7. The predicted molar refractivity (Wildman–Crippen MR) is 177 cm³/mol. The molecule has 4 heterocycles. The quantitative estimate of drug-likeness (QED) is 0.140. The summed E-state index contributed by atoms with van der Waals surface area (Å²) < 4.78 is 63.1. The van der Waals surface area contributed by atoms with Crippen LogP contribution < -0.4 is 15.3 Å². The number of fused-ring (bicyclic) bond motifs is 1. The maximum Gasteiger partial charge on any atom is 0.355 e. The number of amides is 1. The molecule has 0 saturated carbocycles. The molecule has 2 aromatic carbocycles. The van der Waals surface area contributed by atoms with Gasteiger partial charge in [-0.05, 0) is 61.7 Å². The lowest BCUT2D eigenvalue weighted by Gasteiger charge is -2.40. The summed E-state index contributed by atoms with van der Waals surface area (Å²) in [5.41, 5.74) is 1.74. The summed E-state index contributed by atoms with van der Waals surface area (Å²) >= 11 is 6.77. The van der Waals surface area contributed by atoms with Gasteiger partial charge in [-0.2, -0.15) is 9.37 Å². The fourth-order valence-corrected chi connectivity index (χ4v) is 6.27. The van der Waals surface area contributed by atoms with E-state index in [2.05, 4.69) is 9.97 Å². The average molecular weight is 695 g/mol. The number of carbonyl (C=O) groups is 1. The lowest BCUT2D eigenvalue weighted by molar-refractivity contribution is -0.134. The maximum atomic E-state index is 15.0. The Morgan fingerprint density at radius 3 is 2.47 bits per heavy atom. The Hall–Kier alpha value is -5.04. The first-order valence-electron chi connectivity index (χ1n) is 15.5. The topological polar surface area (TPSA) is 93.5 Å². The third kappa shape index (κ3) is 6.30. The van der Waals surface area contributed by atoms with Gasteiger partial charge in [-0.1, -0.05) is 37.6 Å². The molecule has 1 fully saturated rings. The SMILES string of the molecule is Cc1ccnc(C(C)C)c1-n1c(=O)nc(N2CCN(C(=O)COc3c(F)ccc(F)c3F)C[C@@H]2C)c2cc(Cl)c(-c3ccccc3F)nc21. The summed E-state index contributed by atoms with van der Waals surface area (Å²) in [6.07, 6.45) is 1.66. The van der Waals surface area contributed by atoms with Crippen LogP contribution in [-0.4, -0.2) is 62.6 Å². The van der Waals surface area contributed by atoms with E-state index in [0.717, 1.165) is 5.56 Å². The van der Waals surface area contributed by atoms with Crippen LogP contribution in [-0.2, 0) is 4.79 Å². The third-order valence-electron chi connectivity index (χ3n) is 8.45. The van der Waals surface area contributed by atoms with Gasteiger partial charge in [-0.25, -0.2) is 27.5 Å². The molecule has 0 spiro atoms. The number of aryl methyl sites for hydroxylation is 1. The molecule has 1 aliphatic rings. The maximum absolute atomic E-state index is 15.0. The van der Waals surface area contributed by atoms with E-state index in [1.165, 1.54) is 15.5 Å². The van der Waals surface area contributed by atoms with Gasteiger partial charge in [0.25, 0.3) is 5.91 Å². The van der Waals surface area contributed by atoms with Crippen LogP contribution in [0, 0.1) is 30.2 Å². The van der Waals surface area contributed by atoms with Crippen LogP contribution in [0.1, 0.15) is 37.9 Å². The number of hydrogen-bond donors (Lipinski definition) is 0. The molecule has 14 heteroatoms. The molecular weight excluding hydrogens is 664 g/mol. The number of anilines is 1. The van der Waals surface area contributed by atoms with E-state index in [1.807, 2.05) is 32.6 Å². The molecular formula is C35H31ClF4N6O3. The minimum Gasteiger partial charge on any atom is -0.478 e. The van der Waals surface area contributed by atoms with Crippen molar-refractivity contribution >= 4 is 34.4 Å². The van der Waals surface area contributed by atoms with Gasteiger partial charge in [0.15, 0.2) is 29.6 Å². The number of benzene rings is 2. The highest BCUT2D eigenvalue weighted by atomic mass is 35.5. The Balaban J connectivity index is 1.40. The van der Waals surface area contributed by atoms with Crippen molar-refractivity contribution in [2.24, 2.45) is 0 Å². The normalized spacial score (nSPS) is 14.9. The van der Waals surface area contributed by atoms with Crippen LogP contribution in [0.2, 0.25) is 5.02 Å². The van der Waals surface area contributed by atoms with Crippen LogP contribution >= 0.6 is 11.6 Å². The zero-order chi connectivity index (χ0) is 35.1. The summed E-state index contributed by atoms with van der Waals surface area (Å²) in [5, 5.41) is 0.544.